The van der Waals surface area contributed by atoms with Gasteiger partial charge in [0, 0.05) is 6.20 Å². The third-order valence-corrected chi connectivity index (χ3v) is 2.79. The Morgan fingerprint density at radius 2 is 2.05 bits per heavy atom. The first kappa shape index (κ1) is 14.1. The maximum atomic E-state index is 11.6. The van der Waals surface area contributed by atoms with Gasteiger partial charge in [0.05, 0.1) is 0 Å². The lowest BCUT2D eigenvalue weighted by molar-refractivity contribution is -0.206. The number of hydrogen-bond donors (Lipinski definition) is 4. The zero-order valence-electron chi connectivity index (χ0n) is 9.91. The van der Waals surface area contributed by atoms with Gasteiger partial charge >= 0.3 is 11.7 Å². The van der Waals surface area contributed by atoms with Crippen molar-refractivity contribution in [2.45, 2.75) is 24.5 Å². The standard InChI is InChI=1S/C10H11N3O7/c11-3-1-2-13(10(19)12-3)8-6(16)4(14)5(15)7(20-8)9(17)18/h1-2,4,6-8,14,16H,(H,17,18)(H2,11,12,19)/t4-,6+,7-,8+/m0/s1. The van der Waals surface area contributed by atoms with Crippen LogP contribution in [0, 0.1) is 0 Å². The number of carbonyl (C=O) groups excluding carboxylic acids is 1. The summed E-state index contributed by atoms with van der Waals surface area (Å²) in [5.74, 6) is -2.91. The van der Waals surface area contributed by atoms with Crippen molar-refractivity contribution in [3.8, 4) is 0 Å². The summed E-state index contributed by atoms with van der Waals surface area (Å²) in [4.78, 5) is 37.3. The lowest BCUT2D eigenvalue weighted by Crippen LogP contribution is -2.56. The van der Waals surface area contributed by atoms with Crippen LogP contribution in [0.1, 0.15) is 6.23 Å². The van der Waals surface area contributed by atoms with Crippen molar-refractivity contribution in [3.63, 3.8) is 0 Å². The molecule has 1 aromatic heterocycles. The minimum atomic E-state index is -1.99. The van der Waals surface area contributed by atoms with Crippen LogP contribution in [0.4, 0.5) is 5.82 Å². The molecule has 2 rings (SSSR count). The maximum Gasteiger partial charge on any atom is 0.351 e. The smallest absolute Gasteiger partial charge is 0.351 e. The summed E-state index contributed by atoms with van der Waals surface area (Å²) in [7, 11) is 0. The first-order valence-electron chi connectivity index (χ1n) is 5.45. The second kappa shape index (κ2) is 5.00. The van der Waals surface area contributed by atoms with Crippen molar-refractivity contribution in [1.29, 1.82) is 0 Å². The van der Waals surface area contributed by atoms with E-state index >= 15 is 0 Å². The number of rotatable bonds is 2. The molecular weight excluding hydrogens is 274 g/mol. The largest absolute Gasteiger partial charge is 0.479 e. The summed E-state index contributed by atoms with van der Waals surface area (Å²) < 4.78 is 5.62. The molecule has 2 heterocycles. The number of aliphatic hydroxyl groups excluding tert-OH is 2. The lowest BCUT2D eigenvalue weighted by atomic mass is 10.00. The Bertz CT molecular complexity index is 613. The Labute approximate surface area is 111 Å². The average molecular weight is 285 g/mol. The van der Waals surface area contributed by atoms with E-state index in [9.17, 15) is 24.6 Å². The van der Waals surface area contributed by atoms with Crippen LogP contribution >= 0.6 is 0 Å². The highest BCUT2D eigenvalue weighted by molar-refractivity contribution is 6.04. The fraction of sp³-hybridized carbons (Fsp3) is 0.400. The molecule has 1 fully saturated rings. The first-order valence-corrected chi connectivity index (χ1v) is 5.45. The number of nitrogen functional groups attached to an aromatic ring is 1. The Morgan fingerprint density at radius 3 is 2.60 bits per heavy atom. The minimum Gasteiger partial charge on any atom is -0.479 e. The second-order valence-corrected chi connectivity index (χ2v) is 4.12. The zero-order valence-corrected chi connectivity index (χ0v) is 9.91. The molecule has 10 heteroatoms. The van der Waals surface area contributed by atoms with Crippen LogP contribution in [-0.2, 0) is 14.3 Å². The molecule has 0 bridgehead atoms. The van der Waals surface area contributed by atoms with Crippen molar-refractivity contribution < 1.29 is 29.6 Å². The minimum absolute atomic E-state index is 0.0806. The SMILES string of the molecule is Nc1ccn([C@@H]2O[C@H](C(=O)O)C(=O)[C@H](O)[C@H]2O)c(=O)n1. The number of carboxylic acid groups (broad SMARTS) is 1. The highest BCUT2D eigenvalue weighted by atomic mass is 16.6. The number of aliphatic hydroxyl groups is 2. The number of nitrogens with two attached hydrogens (primary N) is 1. The number of ketones is 1. The van der Waals surface area contributed by atoms with Gasteiger partial charge in [-0.05, 0) is 6.07 Å². The van der Waals surface area contributed by atoms with Crippen LogP contribution in [0.3, 0.4) is 0 Å². The van der Waals surface area contributed by atoms with Gasteiger partial charge in [0.15, 0.2) is 6.23 Å². The van der Waals surface area contributed by atoms with Gasteiger partial charge < -0.3 is 25.8 Å². The number of ether oxygens (including phenoxy) is 1. The number of carbonyl (C=O) groups is 2. The number of aromatic nitrogens is 2. The van der Waals surface area contributed by atoms with Crippen LogP contribution in [0.5, 0.6) is 0 Å². The molecular formula is C10H11N3O7. The number of Topliss-reactive ketones (excluding diaryl/α,β-unsaturated/α-hetero) is 1. The van der Waals surface area contributed by atoms with Gasteiger partial charge in [-0.1, -0.05) is 0 Å². The quantitative estimate of drug-likeness (QED) is 0.417. The third-order valence-electron chi connectivity index (χ3n) is 2.79. The molecule has 0 spiro atoms. The normalized spacial score (nSPS) is 30.2. The molecule has 0 radical (unpaired) electrons. The monoisotopic (exact) mass is 285 g/mol. The predicted octanol–water partition coefficient (Wildman–Crippen LogP) is -2.90. The Kier molecular flexibility index (Phi) is 3.53. The van der Waals surface area contributed by atoms with Crippen molar-refractivity contribution >= 4 is 17.6 Å². The summed E-state index contributed by atoms with van der Waals surface area (Å²) in [5, 5.41) is 28.1. The summed E-state index contributed by atoms with van der Waals surface area (Å²) in [5.41, 5.74) is 4.37. The van der Waals surface area contributed by atoms with Gasteiger partial charge in [-0.25, -0.2) is 9.59 Å². The van der Waals surface area contributed by atoms with E-state index in [2.05, 4.69) is 4.98 Å². The average Bonchev–Trinajstić information content (AvgIpc) is 2.37. The lowest BCUT2D eigenvalue weighted by Gasteiger charge is -2.34. The van der Waals surface area contributed by atoms with Gasteiger partial charge in [0.25, 0.3) is 0 Å². The van der Waals surface area contributed by atoms with E-state index in [0.29, 0.717) is 0 Å². The van der Waals surface area contributed by atoms with E-state index in [1.54, 1.807) is 0 Å². The summed E-state index contributed by atoms with van der Waals surface area (Å²) in [6, 6.07) is 1.22. The number of nitrogens with zero attached hydrogens (tertiary/aromatic N) is 2. The molecule has 1 aliphatic heterocycles. The van der Waals surface area contributed by atoms with Crippen molar-refractivity contribution in [1.82, 2.24) is 9.55 Å². The van der Waals surface area contributed by atoms with Crippen LogP contribution < -0.4 is 11.4 Å². The molecule has 1 aromatic rings. The van der Waals surface area contributed by atoms with Crippen molar-refractivity contribution in [2.75, 3.05) is 5.73 Å². The van der Waals surface area contributed by atoms with E-state index in [-0.39, 0.29) is 5.82 Å². The first-order chi connectivity index (χ1) is 9.32. The Balaban J connectivity index is 2.42. The maximum absolute atomic E-state index is 11.6. The third kappa shape index (κ3) is 2.27. The van der Waals surface area contributed by atoms with Crippen LogP contribution in [0.2, 0.25) is 0 Å². The fourth-order valence-electron chi connectivity index (χ4n) is 1.80. The van der Waals surface area contributed by atoms with E-state index in [4.69, 9.17) is 15.6 Å². The van der Waals surface area contributed by atoms with Gasteiger partial charge in [0.1, 0.15) is 18.0 Å². The molecule has 0 unspecified atom stereocenters. The Hall–Kier alpha value is -2.30. The molecule has 1 aliphatic rings. The van der Waals surface area contributed by atoms with Gasteiger partial charge in [-0.3, -0.25) is 9.36 Å². The summed E-state index contributed by atoms with van der Waals surface area (Å²) in [6.07, 6.45) is -6.23. The van der Waals surface area contributed by atoms with Crippen LogP contribution in [0.15, 0.2) is 17.1 Å². The van der Waals surface area contributed by atoms with Crippen LogP contribution in [0.25, 0.3) is 0 Å². The molecule has 4 atom stereocenters. The highest BCUT2D eigenvalue weighted by Crippen LogP contribution is 2.25. The number of anilines is 1. The predicted molar refractivity (Wildman–Crippen MR) is 61.5 cm³/mol. The molecule has 5 N–H and O–H groups in total. The van der Waals surface area contributed by atoms with Gasteiger partial charge in [-0.2, -0.15) is 4.98 Å². The van der Waals surface area contributed by atoms with E-state index in [1.165, 1.54) is 6.07 Å². The molecule has 0 aromatic carbocycles. The van der Waals surface area contributed by atoms with Gasteiger partial charge in [-0.15, -0.1) is 0 Å². The van der Waals surface area contributed by atoms with E-state index in [1.807, 2.05) is 0 Å². The number of hydrogen-bond acceptors (Lipinski definition) is 8. The fourth-order valence-corrected chi connectivity index (χ4v) is 1.80. The number of carboxylic acids is 1. The summed E-state index contributed by atoms with van der Waals surface area (Å²) in [6.45, 7) is 0. The second-order valence-electron chi connectivity index (χ2n) is 4.12. The van der Waals surface area contributed by atoms with E-state index < -0.39 is 42.0 Å². The Morgan fingerprint density at radius 1 is 1.40 bits per heavy atom. The molecule has 108 valence electrons. The molecule has 10 nitrogen and oxygen atoms in total. The molecule has 0 amide bonds. The molecule has 0 saturated carbocycles. The van der Waals surface area contributed by atoms with E-state index in [0.717, 1.165) is 10.8 Å². The molecule has 20 heavy (non-hydrogen) atoms. The zero-order chi connectivity index (χ0) is 15.0. The molecule has 0 aliphatic carbocycles. The van der Waals surface area contributed by atoms with Crippen LogP contribution in [-0.4, -0.2) is 54.9 Å². The van der Waals surface area contributed by atoms with Crippen molar-refractivity contribution in [2.24, 2.45) is 0 Å². The van der Waals surface area contributed by atoms with Gasteiger partial charge in [0.2, 0.25) is 11.9 Å². The van der Waals surface area contributed by atoms with Crippen molar-refractivity contribution in [3.05, 3.63) is 22.7 Å². The topological polar surface area (TPSA) is 165 Å². The highest BCUT2D eigenvalue weighted by Gasteiger charge is 2.47. The number of aliphatic carboxylic acids is 1. The molecule has 1 saturated heterocycles. The summed E-state index contributed by atoms with van der Waals surface area (Å²) >= 11 is 0.